The van der Waals surface area contributed by atoms with Crippen LogP contribution in [-0.2, 0) is 9.53 Å². The van der Waals surface area contributed by atoms with Gasteiger partial charge in [-0.2, -0.15) is 0 Å². The van der Waals surface area contributed by atoms with Crippen molar-refractivity contribution >= 4 is 11.8 Å². The van der Waals surface area contributed by atoms with Crippen molar-refractivity contribution in [3.8, 4) is 0 Å². The zero-order chi connectivity index (χ0) is 12.7. The number of hydrogen-bond acceptors (Lipinski definition) is 3. The lowest BCUT2D eigenvalue weighted by atomic mass is 9.95. The highest BCUT2D eigenvalue weighted by Gasteiger charge is 2.26. The van der Waals surface area contributed by atoms with E-state index in [1.807, 2.05) is 19.9 Å². The molecule has 0 aliphatic rings. The fraction of sp³-hybridized carbons (Fsp3) is 0.429. The van der Waals surface area contributed by atoms with Crippen molar-refractivity contribution in [2.45, 2.75) is 26.7 Å². The Labute approximate surface area is 102 Å². The fourth-order valence-electron chi connectivity index (χ4n) is 1.57. The van der Waals surface area contributed by atoms with Crippen LogP contribution in [0.4, 0.5) is 0 Å². The average molecular weight is 234 g/mol. The smallest absolute Gasteiger partial charge is 0.316 e. The van der Waals surface area contributed by atoms with E-state index in [1.54, 1.807) is 24.3 Å². The summed E-state index contributed by atoms with van der Waals surface area (Å²) in [6, 6.07) is 8.86. The maximum Gasteiger partial charge on any atom is 0.316 e. The van der Waals surface area contributed by atoms with Crippen LogP contribution in [0.1, 0.15) is 37.0 Å². The van der Waals surface area contributed by atoms with Gasteiger partial charge >= 0.3 is 5.97 Å². The highest BCUT2D eigenvalue weighted by molar-refractivity contribution is 6.08. The topological polar surface area (TPSA) is 43.4 Å². The molecule has 0 aliphatic heterocycles. The molecule has 0 heterocycles. The van der Waals surface area contributed by atoms with Crippen LogP contribution in [-0.4, -0.2) is 18.4 Å². The summed E-state index contributed by atoms with van der Waals surface area (Å²) in [4.78, 5) is 23.8. The van der Waals surface area contributed by atoms with Gasteiger partial charge in [-0.3, -0.25) is 9.59 Å². The van der Waals surface area contributed by atoms with Crippen molar-refractivity contribution < 1.29 is 14.3 Å². The second-order valence-corrected chi connectivity index (χ2v) is 3.86. The molecule has 3 nitrogen and oxygen atoms in total. The molecule has 3 heteroatoms. The summed E-state index contributed by atoms with van der Waals surface area (Å²) >= 11 is 0. The molecule has 0 spiro atoms. The summed E-state index contributed by atoms with van der Waals surface area (Å²) in [7, 11) is 0. The van der Waals surface area contributed by atoms with Crippen LogP contribution in [0.15, 0.2) is 30.3 Å². The summed E-state index contributed by atoms with van der Waals surface area (Å²) < 4.78 is 5.03. The van der Waals surface area contributed by atoms with Crippen LogP contribution in [0.2, 0.25) is 0 Å². The van der Waals surface area contributed by atoms with Gasteiger partial charge in [0, 0.05) is 5.56 Å². The maximum atomic E-state index is 12.1. The predicted molar refractivity (Wildman–Crippen MR) is 65.8 cm³/mol. The third-order valence-electron chi connectivity index (χ3n) is 2.52. The minimum absolute atomic E-state index is 0.158. The van der Waals surface area contributed by atoms with Crippen LogP contribution in [0, 0.1) is 5.92 Å². The van der Waals surface area contributed by atoms with Crippen LogP contribution in [0.5, 0.6) is 0 Å². The minimum Gasteiger partial charge on any atom is -0.465 e. The molecule has 17 heavy (non-hydrogen) atoms. The Hall–Kier alpha value is -1.64. The molecule has 1 atom stereocenters. The zero-order valence-electron chi connectivity index (χ0n) is 10.3. The predicted octanol–water partition coefficient (Wildman–Crippen LogP) is 2.85. The fourth-order valence-corrected chi connectivity index (χ4v) is 1.57. The van der Waals surface area contributed by atoms with E-state index in [0.29, 0.717) is 18.6 Å². The molecule has 0 saturated carbocycles. The molecule has 0 fully saturated rings. The van der Waals surface area contributed by atoms with Gasteiger partial charge in [0.1, 0.15) is 5.92 Å². The maximum absolute atomic E-state index is 12.1. The largest absolute Gasteiger partial charge is 0.465 e. The van der Waals surface area contributed by atoms with Crippen LogP contribution in [0.25, 0.3) is 0 Å². The van der Waals surface area contributed by atoms with E-state index in [0.717, 1.165) is 6.42 Å². The number of carbonyl (C=O) groups excluding carboxylic acids is 2. The minimum atomic E-state index is -0.677. The summed E-state index contributed by atoms with van der Waals surface area (Å²) in [5.41, 5.74) is 0.563. The van der Waals surface area contributed by atoms with Gasteiger partial charge in [-0.1, -0.05) is 44.2 Å². The molecule has 0 aromatic heterocycles. The molecular formula is C14H18O3. The van der Waals surface area contributed by atoms with Crippen molar-refractivity contribution in [3.63, 3.8) is 0 Å². The number of hydrogen-bond donors (Lipinski definition) is 0. The molecular weight excluding hydrogens is 216 g/mol. The van der Waals surface area contributed by atoms with Gasteiger partial charge in [0.2, 0.25) is 0 Å². The highest BCUT2D eigenvalue weighted by atomic mass is 16.5. The SMILES string of the molecule is CCCOC(=O)C(CC)C(=O)c1ccccc1. The Bertz CT molecular complexity index is 370. The van der Waals surface area contributed by atoms with E-state index in [1.165, 1.54) is 0 Å². The second-order valence-electron chi connectivity index (χ2n) is 3.86. The summed E-state index contributed by atoms with van der Waals surface area (Å²) in [6.45, 7) is 4.11. The molecule has 0 amide bonds. The lowest BCUT2D eigenvalue weighted by Gasteiger charge is -2.12. The number of carbonyl (C=O) groups is 2. The van der Waals surface area contributed by atoms with Gasteiger partial charge in [-0.15, -0.1) is 0 Å². The van der Waals surface area contributed by atoms with Gasteiger partial charge in [0.15, 0.2) is 5.78 Å². The molecule has 1 aromatic carbocycles. The number of esters is 1. The van der Waals surface area contributed by atoms with E-state index in [-0.39, 0.29) is 5.78 Å². The molecule has 92 valence electrons. The van der Waals surface area contributed by atoms with E-state index in [4.69, 9.17) is 4.74 Å². The zero-order valence-corrected chi connectivity index (χ0v) is 10.3. The van der Waals surface area contributed by atoms with E-state index < -0.39 is 11.9 Å². The molecule has 0 N–H and O–H groups in total. The molecule has 1 unspecified atom stereocenters. The molecule has 1 rings (SSSR count). The Morgan fingerprint density at radius 1 is 1.18 bits per heavy atom. The first-order chi connectivity index (χ1) is 8.20. The van der Waals surface area contributed by atoms with E-state index in [2.05, 4.69) is 0 Å². The van der Waals surface area contributed by atoms with Gasteiger partial charge in [0.25, 0.3) is 0 Å². The van der Waals surface area contributed by atoms with Crippen molar-refractivity contribution in [1.82, 2.24) is 0 Å². The van der Waals surface area contributed by atoms with Crippen molar-refractivity contribution in [3.05, 3.63) is 35.9 Å². The Morgan fingerprint density at radius 3 is 2.35 bits per heavy atom. The van der Waals surface area contributed by atoms with Crippen molar-refractivity contribution in [2.24, 2.45) is 5.92 Å². The summed E-state index contributed by atoms with van der Waals surface area (Å²) in [5.74, 6) is -1.25. The first-order valence-corrected chi connectivity index (χ1v) is 5.96. The van der Waals surface area contributed by atoms with Crippen LogP contribution in [0.3, 0.4) is 0 Å². The van der Waals surface area contributed by atoms with Crippen LogP contribution >= 0.6 is 0 Å². The first kappa shape index (κ1) is 13.4. The molecule has 0 aliphatic carbocycles. The number of ether oxygens (including phenoxy) is 1. The third-order valence-corrected chi connectivity index (χ3v) is 2.52. The molecule has 0 saturated heterocycles. The third kappa shape index (κ3) is 3.70. The monoisotopic (exact) mass is 234 g/mol. The lowest BCUT2D eigenvalue weighted by Crippen LogP contribution is -2.26. The van der Waals surface area contributed by atoms with Crippen molar-refractivity contribution in [2.75, 3.05) is 6.61 Å². The number of rotatable bonds is 6. The van der Waals surface area contributed by atoms with Gasteiger partial charge in [-0.05, 0) is 12.8 Å². The number of benzene rings is 1. The number of Topliss-reactive ketones (excluding diaryl/α,β-unsaturated/α-hetero) is 1. The van der Waals surface area contributed by atoms with Crippen molar-refractivity contribution in [1.29, 1.82) is 0 Å². The lowest BCUT2D eigenvalue weighted by molar-refractivity contribution is -0.146. The second kappa shape index (κ2) is 6.84. The Kier molecular flexibility index (Phi) is 5.40. The highest BCUT2D eigenvalue weighted by Crippen LogP contribution is 2.14. The molecule has 1 aromatic rings. The van der Waals surface area contributed by atoms with Gasteiger partial charge in [-0.25, -0.2) is 0 Å². The molecule has 0 radical (unpaired) electrons. The Morgan fingerprint density at radius 2 is 1.82 bits per heavy atom. The van der Waals surface area contributed by atoms with Gasteiger partial charge < -0.3 is 4.74 Å². The number of ketones is 1. The van der Waals surface area contributed by atoms with Crippen LogP contribution < -0.4 is 0 Å². The first-order valence-electron chi connectivity index (χ1n) is 5.96. The normalized spacial score (nSPS) is 11.9. The van der Waals surface area contributed by atoms with Gasteiger partial charge in [0.05, 0.1) is 6.61 Å². The molecule has 0 bridgehead atoms. The standard InChI is InChI=1S/C14H18O3/c1-3-10-17-14(16)12(4-2)13(15)11-8-6-5-7-9-11/h5-9,12H,3-4,10H2,1-2H3. The Balaban J connectivity index is 2.74. The summed E-state index contributed by atoms with van der Waals surface area (Å²) in [5, 5.41) is 0. The average Bonchev–Trinajstić information content (AvgIpc) is 2.38. The summed E-state index contributed by atoms with van der Waals surface area (Å²) in [6.07, 6.45) is 1.23. The van der Waals surface area contributed by atoms with E-state index in [9.17, 15) is 9.59 Å². The van der Waals surface area contributed by atoms with E-state index >= 15 is 0 Å². The quantitative estimate of drug-likeness (QED) is 0.432.